The highest BCUT2D eigenvalue weighted by Gasteiger charge is 2.72. The van der Waals surface area contributed by atoms with Gasteiger partial charge in [0.25, 0.3) is 0 Å². The molecule has 4 atom stereocenters. The molecular weight excluding hydrogens is 436 g/mol. The van der Waals surface area contributed by atoms with E-state index in [9.17, 15) is 5.11 Å². The van der Waals surface area contributed by atoms with Crippen LogP contribution < -0.4 is 9.47 Å². The molecule has 6 heteroatoms. The van der Waals surface area contributed by atoms with Crippen LogP contribution in [0.15, 0.2) is 48.7 Å². The molecule has 33 heavy (non-hydrogen) atoms. The van der Waals surface area contributed by atoms with Crippen LogP contribution in [0.5, 0.6) is 11.5 Å². The van der Waals surface area contributed by atoms with Gasteiger partial charge in [0, 0.05) is 34.8 Å². The van der Waals surface area contributed by atoms with Gasteiger partial charge in [-0.05, 0) is 67.4 Å². The van der Waals surface area contributed by atoms with Gasteiger partial charge >= 0.3 is 0 Å². The summed E-state index contributed by atoms with van der Waals surface area (Å²) in [5, 5.41) is 13.3. The van der Waals surface area contributed by atoms with Crippen LogP contribution in [0.25, 0.3) is 11.1 Å². The zero-order chi connectivity index (χ0) is 22.5. The Morgan fingerprint density at radius 3 is 2.76 bits per heavy atom. The second-order valence-corrected chi connectivity index (χ2v) is 10.4. The van der Waals surface area contributed by atoms with E-state index in [-0.39, 0.29) is 12.1 Å². The summed E-state index contributed by atoms with van der Waals surface area (Å²) in [7, 11) is 3.81. The van der Waals surface area contributed by atoms with E-state index >= 15 is 0 Å². The Labute approximate surface area is 197 Å². The van der Waals surface area contributed by atoms with Crippen LogP contribution in [0.1, 0.15) is 34.9 Å². The van der Waals surface area contributed by atoms with Crippen molar-refractivity contribution in [3.05, 3.63) is 76.1 Å². The second-order valence-electron chi connectivity index (χ2n) is 9.93. The van der Waals surface area contributed by atoms with Crippen LogP contribution in [-0.4, -0.2) is 47.3 Å². The third-order valence-corrected chi connectivity index (χ3v) is 8.82. The largest absolute Gasteiger partial charge is 0.493 e. The summed E-state index contributed by atoms with van der Waals surface area (Å²) in [6.45, 7) is 0.918. The van der Waals surface area contributed by atoms with E-state index < -0.39 is 11.0 Å². The normalized spacial score (nSPS) is 30.9. The van der Waals surface area contributed by atoms with Crippen molar-refractivity contribution in [2.24, 2.45) is 0 Å². The molecule has 2 bridgehead atoms. The van der Waals surface area contributed by atoms with E-state index in [1.807, 2.05) is 36.5 Å². The lowest BCUT2D eigenvalue weighted by Crippen LogP contribution is -2.74. The average molecular weight is 461 g/mol. The van der Waals surface area contributed by atoms with Gasteiger partial charge in [0.1, 0.15) is 0 Å². The van der Waals surface area contributed by atoms with Crippen LogP contribution in [0.3, 0.4) is 0 Å². The van der Waals surface area contributed by atoms with Crippen LogP contribution in [0.4, 0.5) is 0 Å². The molecule has 3 aromatic rings. The first kappa shape index (κ1) is 19.8. The molecule has 3 heterocycles. The topological polar surface area (TPSA) is 54.8 Å². The third-order valence-electron chi connectivity index (χ3n) is 8.57. The van der Waals surface area contributed by atoms with E-state index in [0.29, 0.717) is 11.4 Å². The molecule has 4 aliphatic rings. The van der Waals surface area contributed by atoms with Crippen molar-refractivity contribution in [1.82, 2.24) is 9.88 Å². The monoisotopic (exact) mass is 460 g/mol. The summed E-state index contributed by atoms with van der Waals surface area (Å²) in [5.41, 5.74) is 5.03. The summed E-state index contributed by atoms with van der Waals surface area (Å²) in [5.74, 6) is 1.52. The molecule has 1 spiro atoms. The molecule has 2 aliphatic carbocycles. The number of nitrogens with zero attached hydrogens (tertiary/aromatic N) is 2. The lowest BCUT2D eigenvalue weighted by atomic mass is 9.49. The van der Waals surface area contributed by atoms with E-state index in [2.05, 4.69) is 24.1 Å². The minimum absolute atomic E-state index is 0.0246. The maximum atomic E-state index is 12.6. The summed E-state index contributed by atoms with van der Waals surface area (Å²) >= 11 is 6.09. The minimum Gasteiger partial charge on any atom is -0.493 e. The first-order chi connectivity index (χ1) is 16.0. The Balaban J connectivity index is 1.46. The zero-order valence-corrected chi connectivity index (χ0v) is 19.4. The first-order valence-corrected chi connectivity index (χ1v) is 11.9. The highest BCUT2D eigenvalue weighted by molar-refractivity contribution is 6.30. The van der Waals surface area contributed by atoms with Crippen LogP contribution >= 0.6 is 11.6 Å². The number of benzene rings is 2. The zero-order valence-electron chi connectivity index (χ0n) is 18.6. The number of hydrogen-bond donors (Lipinski definition) is 1. The van der Waals surface area contributed by atoms with Gasteiger partial charge in [-0.2, -0.15) is 0 Å². The second kappa shape index (κ2) is 6.50. The van der Waals surface area contributed by atoms with E-state index in [0.717, 1.165) is 58.8 Å². The highest BCUT2D eigenvalue weighted by atomic mass is 35.5. The Hall–Kier alpha value is -2.60. The third kappa shape index (κ3) is 2.33. The van der Waals surface area contributed by atoms with Gasteiger partial charge < -0.3 is 19.5 Å². The highest BCUT2D eigenvalue weighted by Crippen LogP contribution is 2.68. The number of pyridine rings is 1. The number of halogens is 1. The smallest absolute Gasteiger partial charge is 0.166 e. The molecule has 0 radical (unpaired) electrons. The Bertz CT molecular complexity index is 1310. The first-order valence-electron chi connectivity index (χ1n) is 11.5. The number of aliphatic hydroxyl groups is 1. The molecule has 1 saturated heterocycles. The molecule has 2 aliphatic heterocycles. The fraction of sp³-hybridized carbons (Fsp3) is 0.370. The Kier molecular flexibility index (Phi) is 3.91. The van der Waals surface area contributed by atoms with Gasteiger partial charge in [-0.3, -0.25) is 4.98 Å². The number of piperidine rings is 1. The Morgan fingerprint density at radius 1 is 1.15 bits per heavy atom. The number of hydrogen-bond acceptors (Lipinski definition) is 5. The summed E-state index contributed by atoms with van der Waals surface area (Å²) in [6, 6.07) is 14.2. The van der Waals surface area contributed by atoms with Gasteiger partial charge in [0.05, 0.1) is 23.8 Å². The predicted octanol–water partition coefficient (Wildman–Crippen LogP) is 4.33. The number of ether oxygens (including phenoxy) is 2. The van der Waals surface area contributed by atoms with Gasteiger partial charge in [-0.15, -0.1) is 0 Å². The van der Waals surface area contributed by atoms with Crippen molar-refractivity contribution < 1.29 is 14.6 Å². The van der Waals surface area contributed by atoms with E-state index in [1.165, 1.54) is 5.56 Å². The molecule has 1 fully saturated rings. The fourth-order valence-electron chi connectivity index (χ4n) is 7.06. The minimum atomic E-state index is -0.942. The lowest BCUT2D eigenvalue weighted by Gasteiger charge is -2.62. The lowest BCUT2D eigenvalue weighted by molar-refractivity contribution is -0.168. The summed E-state index contributed by atoms with van der Waals surface area (Å²) in [4.78, 5) is 7.28. The molecule has 1 aromatic heterocycles. The molecule has 0 amide bonds. The molecule has 2 aromatic carbocycles. The molecule has 5 nitrogen and oxygen atoms in total. The van der Waals surface area contributed by atoms with Crippen LogP contribution in [0, 0.1) is 0 Å². The average Bonchev–Trinajstić information content (AvgIpc) is 3.17. The molecule has 168 valence electrons. The standard InChI is InChI=1S/C27H25ClN2O3/c1-30-10-9-26-22-16-5-8-20(32-2)24(22)33-25(26)23-17(13-27(26,31)21(30)12-16)11-18(14-29-23)15-3-6-19(28)7-4-15/h3-8,11,14,21,25,31H,9-10,12-13H2,1-2H3/t21?,25-,26-,27+/m0/s1. The quantitative estimate of drug-likeness (QED) is 0.617. The fourth-order valence-corrected chi connectivity index (χ4v) is 7.19. The van der Waals surface area contributed by atoms with Crippen LogP contribution in [0.2, 0.25) is 5.02 Å². The summed E-state index contributed by atoms with van der Waals surface area (Å²) < 4.78 is 12.4. The maximum absolute atomic E-state index is 12.6. The van der Waals surface area contributed by atoms with Crippen molar-refractivity contribution in [3.63, 3.8) is 0 Å². The summed E-state index contributed by atoms with van der Waals surface area (Å²) in [6.07, 6.45) is 3.78. The van der Waals surface area contributed by atoms with Crippen molar-refractivity contribution >= 4 is 11.6 Å². The number of likely N-dealkylation sites (N-methyl/N-ethyl adjacent to an activating group) is 1. The van der Waals surface area contributed by atoms with Crippen molar-refractivity contribution in [1.29, 1.82) is 0 Å². The number of likely N-dealkylation sites (tertiary alicyclic amines) is 1. The number of methoxy groups -OCH3 is 1. The van der Waals surface area contributed by atoms with Crippen LogP contribution in [-0.2, 0) is 18.3 Å². The molecule has 7 rings (SSSR count). The van der Waals surface area contributed by atoms with E-state index in [1.54, 1.807) is 7.11 Å². The molecule has 1 N–H and O–H groups in total. The van der Waals surface area contributed by atoms with Gasteiger partial charge in [-0.25, -0.2) is 0 Å². The van der Waals surface area contributed by atoms with Gasteiger partial charge in [-0.1, -0.05) is 29.8 Å². The number of fused-ring (bicyclic) bond motifs is 2. The van der Waals surface area contributed by atoms with Crippen molar-refractivity contribution in [3.8, 4) is 22.6 Å². The SMILES string of the molecule is COc1ccc2c3c1O[C@H]1c4ncc(-c5ccc(Cl)cc5)cc4C[C@@]4(O)C(C2)N(C)CC[C@]314. The molecular formula is C27H25ClN2O3. The predicted molar refractivity (Wildman–Crippen MR) is 126 cm³/mol. The molecule has 0 saturated carbocycles. The Morgan fingerprint density at radius 2 is 1.97 bits per heavy atom. The number of rotatable bonds is 2. The van der Waals surface area contributed by atoms with E-state index in [4.69, 9.17) is 26.1 Å². The number of aromatic nitrogens is 1. The van der Waals surface area contributed by atoms with Crippen molar-refractivity contribution in [2.45, 2.75) is 42.4 Å². The van der Waals surface area contributed by atoms with Gasteiger partial charge in [0.2, 0.25) is 0 Å². The van der Waals surface area contributed by atoms with Crippen molar-refractivity contribution in [2.75, 3.05) is 20.7 Å². The van der Waals surface area contributed by atoms with Gasteiger partial charge in [0.15, 0.2) is 17.6 Å². The molecule has 1 unspecified atom stereocenters. The maximum Gasteiger partial charge on any atom is 0.166 e.